The summed E-state index contributed by atoms with van der Waals surface area (Å²) < 4.78 is 41.8. The SMILES string of the molecule is C=C(I)C[C@H](Cl)CCC(=O)C#CC(O[Si](C)(C)C(C)(C)C)[C@@H]1O[C@H]2CCC(CC(=O)OC)O[C@@H]2C(O[Si](C)(C)C(C)(C)C)C1O[Si](C)(C)C(C)(C)C. The van der Waals surface area contributed by atoms with E-state index in [4.69, 9.17) is 39.1 Å². The highest BCUT2D eigenvalue weighted by molar-refractivity contribution is 14.1. The molecule has 2 aliphatic rings. The minimum atomic E-state index is -2.48. The maximum absolute atomic E-state index is 13.3. The molecule has 2 fully saturated rings. The highest BCUT2D eigenvalue weighted by Gasteiger charge is 2.58. The zero-order chi connectivity index (χ0) is 40.3. The number of ketones is 1. The Morgan fingerprint density at radius 3 is 1.87 bits per heavy atom. The number of hydrogen-bond acceptors (Lipinski definition) is 8. The van der Waals surface area contributed by atoms with Crippen molar-refractivity contribution < 1.29 is 37.1 Å². The number of carbonyl (C=O) groups is 2. The van der Waals surface area contributed by atoms with Crippen LogP contribution >= 0.6 is 34.2 Å². The van der Waals surface area contributed by atoms with Crippen LogP contribution < -0.4 is 0 Å². The molecule has 2 saturated heterocycles. The fourth-order valence-corrected chi connectivity index (χ4v) is 10.3. The molecule has 52 heavy (non-hydrogen) atoms. The summed E-state index contributed by atoms with van der Waals surface area (Å²) in [6.07, 6.45) is -0.905. The second-order valence-corrected chi connectivity index (χ2v) is 35.7. The van der Waals surface area contributed by atoms with Crippen LogP contribution in [0.1, 0.15) is 101 Å². The summed E-state index contributed by atoms with van der Waals surface area (Å²) in [6.45, 7) is 37.2. The molecule has 0 spiro atoms. The van der Waals surface area contributed by atoms with Crippen molar-refractivity contribution in [2.24, 2.45) is 0 Å². The molecule has 13 heteroatoms. The molecule has 8 nitrogen and oxygen atoms in total. The number of halogens is 2. The van der Waals surface area contributed by atoms with Crippen LogP contribution in [-0.4, -0.2) is 91.9 Å². The number of esters is 1. The molecule has 300 valence electrons. The van der Waals surface area contributed by atoms with Crippen molar-refractivity contribution in [1.82, 2.24) is 0 Å². The van der Waals surface area contributed by atoms with E-state index in [0.29, 0.717) is 25.7 Å². The molecule has 0 aromatic rings. The summed E-state index contributed by atoms with van der Waals surface area (Å²) in [5.41, 5.74) is 0. The Hall–Kier alpha value is -0.0894. The lowest BCUT2D eigenvalue weighted by atomic mass is 9.87. The Morgan fingerprint density at radius 1 is 0.865 bits per heavy atom. The number of carbonyl (C=O) groups excluding carboxylic acids is 2. The Labute approximate surface area is 338 Å². The first-order chi connectivity index (χ1) is 23.4. The lowest BCUT2D eigenvalue weighted by Gasteiger charge is -2.55. The summed E-state index contributed by atoms with van der Waals surface area (Å²) >= 11 is 8.67. The monoisotopic (exact) mass is 912 g/mol. The molecule has 8 atom stereocenters. The number of fused-ring (bicyclic) bond motifs is 1. The topological polar surface area (TPSA) is 89.5 Å². The standard InChI is InChI=1S/C39H70ClIO8Si3/c1-26(41)24-27(40)18-19-28(42)20-22-31(47-50(12,13)37(2,3)4)34-36(49-52(16,17)39(8,9)10)35(48-51(14,15)38(5,6)7)33-30(46-34)23-21-29(45-33)25-32(43)44-11/h27,29-31,33-36H,1,18-19,21,23-25H2,2-17H3/t27-,29?,30+,31?,33+,34+,35?,36?/m1/s1. The van der Waals surface area contributed by atoms with Crippen LogP contribution in [0.4, 0.5) is 0 Å². The molecule has 0 N–H and O–H groups in total. The molecule has 0 amide bonds. The van der Waals surface area contributed by atoms with Gasteiger partial charge in [-0.15, -0.1) is 11.6 Å². The van der Waals surface area contributed by atoms with Gasteiger partial charge in [-0.2, -0.15) is 0 Å². The Bertz CT molecular complexity index is 1310. The minimum absolute atomic E-state index is 0.106. The molecular weight excluding hydrogens is 843 g/mol. The van der Waals surface area contributed by atoms with Crippen molar-refractivity contribution in [1.29, 1.82) is 0 Å². The molecular formula is C39H70ClIO8Si3. The van der Waals surface area contributed by atoms with E-state index in [2.05, 4.69) is 143 Å². The molecule has 0 aliphatic carbocycles. The van der Waals surface area contributed by atoms with Gasteiger partial charge in [0.05, 0.1) is 25.7 Å². The van der Waals surface area contributed by atoms with E-state index in [9.17, 15) is 9.59 Å². The van der Waals surface area contributed by atoms with Gasteiger partial charge in [-0.3, -0.25) is 9.59 Å². The number of methoxy groups -OCH3 is 1. The summed E-state index contributed by atoms with van der Waals surface area (Å²) in [5, 5.41) is -0.553. The lowest BCUT2D eigenvalue weighted by Crippen LogP contribution is -2.69. The average molecular weight is 914 g/mol. The van der Waals surface area contributed by atoms with Crippen LogP contribution in [0.25, 0.3) is 0 Å². The van der Waals surface area contributed by atoms with E-state index in [-0.39, 0.29) is 57.3 Å². The van der Waals surface area contributed by atoms with Crippen LogP contribution in [0.15, 0.2) is 10.2 Å². The van der Waals surface area contributed by atoms with Crippen molar-refractivity contribution in [2.45, 2.75) is 203 Å². The van der Waals surface area contributed by atoms with Gasteiger partial charge in [0.2, 0.25) is 5.78 Å². The Morgan fingerprint density at radius 2 is 1.38 bits per heavy atom. The third-order valence-corrected chi connectivity index (χ3v) is 26.1. The third kappa shape index (κ3) is 13.3. The minimum Gasteiger partial charge on any atom is -0.469 e. The normalized spacial score (nSPS) is 26.0. The van der Waals surface area contributed by atoms with Gasteiger partial charge >= 0.3 is 5.97 Å². The molecule has 4 unspecified atom stereocenters. The van der Waals surface area contributed by atoms with Crippen LogP contribution in [0.5, 0.6) is 0 Å². The van der Waals surface area contributed by atoms with Gasteiger partial charge in [0.25, 0.3) is 0 Å². The van der Waals surface area contributed by atoms with Crippen molar-refractivity contribution in [2.75, 3.05) is 7.11 Å². The van der Waals surface area contributed by atoms with Crippen molar-refractivity contribution in [3.8, 4) is 11.8 Å². The van der Waals surface area contributed by atoms with Gasteiger partial charge < -0.3 is 27.5 Å². The predicted molar refractivity (Wildman–Crippen MR) is 229 cm³/mol. The molecule has 0 radical (unpaired) electrons. The number of allylic oxidation sites excluding steroid dienone is 1. The maximum atomic E-state index is 13.3. The summed E-state index contributed by atoms with van der Waals surface area (Å²) in [4.78, 5) is 25.7. The fourth-order valence-electron chi connectivity index (χ4n) is 5.46. The van der Waals surface area contributed by atoms with Gasteiger partial charge in [0.15, 0.2) is 25.0 Å². The van der Waals surface area contributed by atoms with Gasteiger partial charge in [-0.25, -0.2) is 0 Å². The highest BCUT2D eigenvalue weighted by Crippen LogP contribution is 2.47. The van der Waals surface area contributed by atoms with Gasteiger partial charge in [0, 0.05) is 11.8 Å². The number of hydrogen-bond donors (Lipinski definition) is 0. The van der Waals surface area contributed by atoms with Gasteiger partial charge in [-0.1, -0.05) is 74.8 Å². The van der Waals surface area contributed by atoms with E-state index in [1.807, 2.05) is 0 Å². The van der Waals surface area contributed by atoms with Crippen LogP contribution in [0.2, 0.25) is 54.4 Å². The molecule has 0 bridgehead atoms. The van der Waals surface area contributed by atoms with Gasteiger partial charge in [-0.05, 0) is 112 Å². The zero-order valence-electron chi connectivity index (χ0n) is 35.1. The number of ether oxygens (including phenoxy) is 3. The summed E-state index contributed by atoms with van der Waals surface area (Å²) in [5.74, 6) is 5.76. The predicted octanol–water partition coefficient (Wildman–Crippen LogP) is 10.3. The highest BCUT2D eigenvalue weighted by atomic mass is 127. The van der Waals surface area contributed by atoms with Crippen LogP contribution in [0.3, 0.4) is 0 Å². The lowest BCUT2D eigenvalue weighted by molar-refractivity contribution is -0.266. The van der Waals surface area contributed by atoms with E-state index in [1.54, 1.807) is 0 Å². The maximum Gasteiger partial charge on any atom is 0.308 e. The number of rotatable bonds is 14. The Kier molecular flexibility index (Phi) is 17.1. The molecule has 0 aromatic carbocycles. The third-order valence-electron chi connectivity index (χ3n) is 11.9. The fraction of sp³-hybridized carbons (Fsp3) is 0.846. The molecule has 2 aliphatic heterocycles. The second-order valence-electron chi connectivity index (χ2n) is 19.3. The second kappa shape index (κ2) is 18.4. The number of alkyl halides is 1. The molecule has 0 aromatic heterocycles. The summed E-state index contributed by atoms with van der Waals surface area (Å²) in [6, 6.07) is 0. The molecule has 2 heterocycles. The van der Waals surface area contributed by atoms with E-state index >= 15 is 0 Å². The van der Waals surface area contributed by atoms with Crippen molar-refractivity contribution in [3.63, 3.8) is 0 Å². The molecule has 2 rings (SSSR count). The molecule has 0 saturated carbocycles. The van der Waals surface area contributed by atoms with Gasteiger partial charge in [0.1, 0.15) is 30.5 Å². The van der Waals surface area contributed by atoms with E-state index < -0.39 is 55.5 Å². The first-order valence-electron chi connectivity index (χ1n) is 18.9. The quantitative estimate of drug-likeness (QED) is 0.0425. The summed E-state index contributed by atoms with van der Waals surface area (Å²) in [7, 11) is -5.98. The Balaban J connectivity index is 2.80. The number of Topliss-reactive ketones (excluding diaryl/α,β-unsaturated/α-hetero) is 1. The van der Waals surface area contributed by atoms with Crippen molar-refractivity contribution in [3.05, 3.63) is 10.2 Å². The smallest absolute Gasteiger partial charge is 0.308 e. The van der Waals surface area contributed by atoms with Crippen LogP contribution in [0, 0.1) is 11.8 Å². The van der Waals surface area contributed by atoms with E-state index in [0.717, 1.165) is 3.58 Å². The first kappa shape index (κ1) is 48.1. The van der Waals surface area contributed by atoms with Crippen molar-refractivity contribution >= 4 is 70.9 Å². The zero-order valence-corrected chi connectivity index (χ0v) is 41.0. The average Bonchev–Trinajstić information content (AvgIpc) is 2.97. The van der Waals surface area contributed by atoms with Crippen LogP contribution in [-0.2, 0) is 37.1 Å². The van der Waals surface area contributed by atoms with E-state index in [1.165, 1.54) is 7.11 Å². The largest absolute Gasteiger partial charge is 0.469 e. The first-order valence-corrected chi connectivity index (χ1v) is 29.1.